The summed E-state index contributed by atoms with van der Waals surface area (Å²) in [5, 5.41) is 3.66. The molecular weight excluding hydrogens is 374 g/mol. The number of rotatable bonds is 4. The van der Waals surface area contributed by atoms with Gasteiger partial charge in [0.25, 0.3) is 11.8 Å². The number of para-hydroxylation sites is 1. The summed E-state index contributed by atoms with van der Waals surface area (Å²) in [5.41, 5.74) is 2.44. The molecule has 2 aromatic carbocycles. The van der Waals surface area contributed by atoms with Crippen LogP contribution in [0.5, 0.6) is 0 Å². The van der Waals surface area contributed by atoms with E-state index in [1.165, 1.54) is 12.1 Å². The van der Waals surface area contributed by atoms with Gasteiger partial charge in [-0.05, 0) is 18.2 Å². The molecule has 4 aromatic rings. The number of hydrogen-bond acceptors (Lipinski definition) is 3. The van der Waals surface area contributed by atoms with Gasteiger partial charge >= 0.3 is 0 Å². The van der Waals surface area contributed by atoms with Crippen molar-refractivity contribution in [2.24, 2.45) is 7.05 Å². The van der Waals surface area contributed by atoms with E-state index in [-0.39, 0.29) is 11.5 Å². The summed E-state index contributed by atoms with van der Waals surface area (Å²) >= 11 is 0. The van der Waals surface area contributed by atoms with Gasteiger partial charge in [-0.15, -0.1) is 0 Å². The molecule has 0 fully saturated rings. The molecule has 0 aliphatic heterocycles. The molecule has 0 aliphatic rings. The van der Waals surface area contributed by atoms with Gasteiger partial charge in [0, 0.05) is 36.7 Å². The van der Waals surface area contributed by atoms with Crippen molar-refractivity contribution in [1.82, 2.24) is 14.5 Å². The second-order valence-corrected chi connectivity index (χ2v) is 6.92. The van der Waals surface area contributed by atoms with E-state index in [1.807, 2.05) is 18.2 Å². The van der Waals surface area contributed by atoms with Crippen LogP contribution in [0.4, 0.5) is 14.5 Å². The lowest BCUT2D eigenvalue weighted by molar-refractivity contribution is 0.0175. The van der Waals surface area contributed by atoms with Crippen LogP contribution in [0.15, 0.2) is 67.1 Å². The number of carbonyl (C=O) groups excluding carboxylic acids is 1. The van der Waals surface area contributed by atoms with Gasteiger partial charge in [0.1, 0.15) is 5.69 Å². The fraction of sp³-hybridized carbons (Fsp3) is 0.136. The number of pyridine rings is 1. The number of imidazole rings is 1. The van der Waals surface area contributed by atoms with Crippen LogP contribution in [0.1, 0.15) is 23.0 Å². The molecule has 0 saturated heterocycles. The van der Waals surface area contributed by atoms with Crippen LogP contribution in [0.3, 0.4) is 0 Å². The molecule has 0 saturated carbocycles. The molecule has 1 amide bonds. The average Bonchev–Trinajstić information content (AvgIpc) is 3.14. The molecule has 7 heteroatoms. The predicted molar refractivity (Wildman–Crippen MR) is 108 cm³/mol. The Balaban J connectivity index is 1.74. The number of aryl methyl sites for hydroxylation is 1. The summed E-state index contributed by atoms with van der Waals surface area (Å²) in [6.45, 7) is 0.866. The Morgan fingerprint density at radius 3 is 2.62 bits per heavy atom. The minimum absolute atomic E-state index is 0.0753. The van der Waals surface area contributed by atoms with Crippen molar-refractivity contribution in [1.29, 1.82) is 0 Å². The van der Waals surface area contributed by atoms with Gasteiger partial charge in [-0.1, -0.05) is 36.4 Å². The van der Waals surface area contributed by atoms with E-state index in [2.05, 4.69) is 15.3 Å². The molecule has 5 nitrogen and oxygen atoms in total. The predicted octanol–water partition coefficient (Wildman–Crippen LogP) is 5.00. The Hall–Kier alpha value is -3.61. The number of benzene rings is 2. The van der Waals surface area contributed by atoms with Crippen molar-refractivity contribution in [3.63, 3.8) is 0 Å². The van der Waals surface area contributed by atoms with Gasteiger partial charge in [-0.3, -0.25) is 4.79 Å². The minimum Gasteiger partial charge on any atom is -0.340 e. The molecule has 1 N–H and O–H groups in total. The van der Waals surface area contributed by atoms with Gasteiger partial charge in [0.05, 0.1) is 23.2 Å². The van der Waals surface area contributed by atoms with Crippen molar-refractivity contribution in [2.45, 2.75) is 12.8 Å². The quantitative estimate of drug-likeness (QED) is 0.532. The molecule has 4 rings (SSSR count). The van der Waals surface area contributed by atoms with Crippen molar-refractivity contribution in [3.05, 3.63) is 78.4 Å². The molecule has 0 spiro atoms. The Morgan fingerprint density at radius 2 is 1.90 bits per heavy atom. The molecule has 2 heterocycles. The topological polar surface area (TPSA) is 59.8 Å². The Bertz CT molecular complexity index is 1210. The number of hydrogen-bond donors (Lipinski definition) is 1. The number of nitrogens with one attached hydrogen (secondary N) is 1. The van der Waals surface area contributed by atoms with Crippen molar-refractivity contribution in [2.75, 3.05) is 5.32 Å². The van der Waals surface area contributed by atoms with Crippen LogP contribution in [-0.4, -0.2) is 20.4 Å². The second kappa shape index (κ2) is 7.09. The molecule has 29 heavy (non-hydrogen) atoms. The zero-order valence-corrected chi connectivity index (χ0v) is 15.9. The van der Waals surface area contributed by atoms with Crippen LogP contribution in [0.25, 0.3) is 22.2 Å². The molecule has 0 unspecified atom stereocenters. The first-order valence-corrected chi connectivity index (χ1v) is 8.99. The highest BCUT2D eigenvalue weighted by Crippen LogP contribution is 2.31. The third-order valence-electron chi connectivity index (χ3n) is 4.57. The van der Waals surface area contributed by atoms with E-state index >= 15 is 0 Å². The summed E-state index contributed by atoms with van der Waals surface area (Å²) in [7, 11) is 1.78. The zero-order chi connectivity index (χ0) is 20.6. The van der Waals surface area contributed by atoms with E-state index < -0.39 is 5.92 Å². The maximum atomic E-state index is 13.7. The maximum absolute atomic E-state index is 13.7. The van der Waals surface area contributed by atoms with Gasteiger partial charge in [-0.25, -0.2) is 18.7 Å². The SMILES string of the molecule is Cn1cnc(C(=O)Nc2cccc3ccc(-c4cccc(C(C)(F)F)c4)nc23)c1. The van der Waals surface area contributed by atoms with Gasteiger partial charge in [0.15, 0.2) is 0 Å². The molecule has 0 bridgehead atoms. The highest BCUT2D eigenvalue weighted by molar-refractivity contribution is 6.07. The van der Waals surface area contributed by atoms with E-state index in [0.29, 0.717) is 28.2 Å². The standard InChI is InChI=1S/C22H18F2N4O/c1-22(23,24)16-7-3-6-15(11-16)17-10-9-14-5-4-8-18(20(14)26-17)27-21(29)19-12-28(2)13-25-19/h3-13H,1-2H3,(H,27,29). The lowest BCUT2D eigenvalue weighted by Crippen LogP contribution is -2.13. The van der Waals surface area contributed by atoms with Gasteiger partial charge in [0.2, 0.25) is 0 Å². The number of aromatic nitrogens is 3. The number of alkyl halides is 2. The lowest BCUT2D eigenvalue weighted by Gasteiger charge is -2.13. The smallest absolute Gasteiger partial charge is 0.275 e. The van der Waals surface area contributed by atoms with Gasteiger partial charge < -0.3 is 9.88 Å². The second-order valence-electron chi connectivity index (χ2n) is 6.92. The van der Waals surface area contributed by atoms with Crippen molar-refractivity contribution in [3.8, 4) is 11.3 Å². The summed E-state index contributed by atoms with van der Waals surface area (Å²) in [6.07, 6.45) is 3.17. The fourth-order valence-corrected chi connectivity index (χ4v) is 3.08. The first-order valence-electron chi connectivity index (χ1n) is 8.99. The van der Waals surface area contributed by atoms with E-state index in [1.54, 1.807) is 48.4 Å². The molecule has 146 valence electrons. The van der Waals surface area contributed by atoms with E-state index in [0.717, 1.165) is 12.3 Å². The normalized spacial score (nSPS) is 11.6. The first kappa shape index (κ1) is 18.7. The van der Waals surface area contributed by atoms with Crippen molar-refractivity contribution >= 4 is 22.5 Å². The summed E-state index contributed by atoms with van der Waals surface area (Å²) in [6, 6.07) is 15.2. The Kier molecular flexibility index (Phi) is 4.58. The monoisotopic (exact) mass is 392 g/mol. The number of nitrogens with zero attached hydrogens (tertiary/aromatic N) is 3. The minimum atomic E-state index is -2.94. The van der Waals surface area contributed by atoms with Crippen LogP contribution in [0, 0.1) is 0 Å². The number of carbonyl (C=O) groups is 1. The zero-order valence-electron chi connectivity index (χ0n) is 15.9. The molecule has 2 aromatic heterocycles. The lowest BCUT2D eigenvalue weighted by atomic mass is 10.0. The van der Waals surface area contributed by atoms with E-state index in [9.17, 15) is 13.6 Å². The van der Waals surface area contributed by atoms with Crippen molar-refractivity contribution < 1.29 is 13.6 Å². The maximum Gasteiger partial charge on any atom is 0.275 e. The Labute approximate surface area is 166 Å². The Morgan fingerprint density at radius 1 is 1.10 bits per heavy atom. The first-order chi connectivity index (χ1) is 13.8. The third kappa shape index (κ3) is 3.85. The fourth-order valence-electron chi connectivity index (χ4n) is 3.08. The third-order valence-corrected chi connectivity index (χ3v) is 4.57. The largest absolute Gasteiger partial charge is 0.340 e. The number of fused-ring (bicyclic) bond motifs is 1. The van der Waals surface area contributed by atoms with Crippen LogP contribution in [0.2, 0.25) is 0 Å². The highest BCUT2D eigenvalue weighted by atomic mass is 19.3. The summed E-state index contributed by atoms with van der Waals surface area (Å²) in [4.78, 5) is 21.2. The molecule has 0 atom stereocenters. The summed E-state index contributed by atoms with van der Waals surface area (Å²) in [5.74, 6) is -3.28. The molecule has 0 radical (unpaired) electrons. The summed E-state index contributed by atoms with van der Waals surface area (Å²) < 4.78 is 29.1. The number of anilines is 1. The van der Waals surface area contributed by atoms with Gasteiger partial charge in [-0.2, -0.15) is 0 Å². The molecular formula is C22H18F2N4O. The van der Waals surface area contributed by atoms with Crippen LogP contribution >= 0.6 is 0 Å². The van der Waals surface area contributed by atoms with Crippen LogP contribution < -0.4 is 5.32 Å². The number of halogens is 2. The van der Waals surface area contributed by atoms with E-state index in [4.69, 9.17) is 0 Å². The highest BCUT2D eigenvalue weighted by Gasteiger charge is 2.24. The number of amides is 1. The molecule has 0 aliphatic carbocycles. The average molecular weight is 392 g/mol. The van der Waals surface area contributed by atoms with Crippen LogP contribution in [-0.2, 0) is 13.0 Å².